The van der Waals surface area contributed by atoms with Crippen molar-refractivity contribution in [2.45, 2.75) is 0 Å². The lowest BCUT2D eigenvalue weighted by atomic mass is 10.1. The van der Waals surface area contributed by atoms with Crippen LogP contribution >= 0.6 is 0 Å². The topological polar surface area (TPSA) is 55.7 Å². The molecule has 14 heavy (non-hydrogen) atoms. The van der Waals surface area contributed by atoms with Gasteiger partial charge in [-0.25, -0.2) is 0 Å². The van der Waals surface area contributed by atoms with Gasteiger partial charge in [-0.3, -0.25) is 4.79 Å². The predicted molar refractivity (Wildman–Crippen MR) is 53.0 cm³/mol. The van der Waals surface area contributed by atoms with Gasteiger partial charge in [0.15, 0.2) is 5.78 Å². The summed E-state index contributed by atoms with van der Waals surface area (Å²) in [5.41, 5.74) is 0.296. The number of benzene rings is 1. The summed E-state index contributed by atoms with van der Waals surface area (Å²) >= 11 is 0. The molecule has 0 aliphatic rings. The quantitative estimate of drug-likeness (QED) is 0.417. The average Bonchev–Trinajstić information content (AvgIpc) is 2.27. The van der Waals surface area contributed by atoms with Crippen LogP contribution in [0, 0.1) is 4.91 Å². The Morgan fingerprint density at radius 3 is 2.79 bits per heavy atom. The molecule has 0 unspecified atom stereocenters. The van der Waals surface area contributed by atoms with Crippen molar-refractivity contribution in [2.75, 3.05) is 7.11 Å². The maximum atomic E-state index is 11.3. The Morgan fingerprint density at radius 2 is 2.29 bits per heavy atom. The molecule has 0 saturated heterocycles. The van der Waals surface area contributed by atoms with Crippen LogP contribution in [0.2, 0.25) is 0 Å². The van der Waals surface area contributed by atoms with Gasteiger partial charge in [-0.15, -0.1) is 4.91 Å². The third-order valence-corrected chi connectivity index (χ3v) is 1.75. The van der Waals surface area contributed by atoms with Crippen molar-refractivity contribution < 1.29 is 9.53 Å². The van der Waals surface area contributed by atoms with Crippen molar-refractivity contribution in [1.29, 1.82) is 0 Å². The molecule has 0 aromatic heterocycles. The van der Waals surface area contributed by atoms with E-state index in [0.29, 0.717) is 5.75 Å². The average molecular weight is 191 g/mol. The first-order valence-electron chi connectivity index (χ1n) is 3.91. The Morgan fingerprint density at radius 1 is 1.57 bits per heavy atom. The fraction of sp³-hybridized carbons (Fsp3) is 0.100. The third kappa shape index (κ3) is 1.85. The zero-order valence-corrected chi connectivity index (χ0v) is 7.69. The van der Waals surface area contributed by atoms with Gasteiger partial charge in [-0.2, -0.15) is 0 Å². The van der Waals surface area contributed by atoms with E-state index in [2.05, 4.69) is 11.8 Å². The SMILES string of the molecule is C=CC(=O)c1cc(OC)ccc1N=O. The maximum absolute atomic E-state index is 11.3. The zero-order chi connectivity index (χ0) is 10.6. The highest BCUT2D eigenvalue weighted by Crippen LogP contribution is 2.24. The Bertz CT molecular complexity index is 385. The van der Waals surface area contributed by atoms with Gasteiger partial charge in [0, 0.05) is 0 Å². The Labute approximate surface area is 81.2 Å². The molecular weight excluding hydrogens is 182 g/mol. The molecular formula is C10H9NO3. The van der Waals surface area contributed by atoms with Gasteiger partial charge in [-0.05, 0) is 29.5 Å². The number of nitrogens with zero attached hydrogens (tertiary/aromatic N) is 1. The zero-order valence-electron chi connectivity index (χ0n) is 7.69. The Kier molecular flexibility index (Phi) is 3.12. The van der Waals surface area contributed by atoms with Crippen molar-refractivity contribution >= 4 is 11.5 Å². The molecule has 0 N–H and O–H groups in total. The summed E-state index contributed by atoms with van der Waals surface area (Å²) in [7, 11) is 1.48. The normalized spacial score (nSPS) is 9.21. The van der Waals surface area contributed by atoms with Crippen molar-refractivity contribution in [3.63, 3.8) is 0 Å². The van der Waals surface area contributed by atoms with Crippen molar-refractivity contribution in [3.05, 3.63) is 41.3 Å². The van der Waals surface area contributed by atoms with Gasteiger partial charge in [0.2, 0.25) is 0 Å². The molecule has 1 aromatic rings. The lowest BCUT2D eigenvalue weighted by Crippen LogP contribution is -1.95. The number of ether oxygens (including phenoxy) is 1. The van der Waals surface area contributed by atoms with Crippen LogP contribution in [0.1, 0.15) is 10.4 Å². The largest absolute Gasteiger partial charge is 0.497 e. The van der Waals surface area contributed by atoms with E-state index in [1.807, 2.05) is 0 Å². The third-order valence-electron chi connectivity index (χ3n) is 1.75. The number of carbonyl (C=O) groups excluding carboxylic acids is 1. The Balaban J connectivity index is 3.27. The summed E-state index contributed by atoms with van der Waals surface area (Å²) in [6, 6.07) is 4.46. The first-order valence-corrected chi connectivity index (χ1v) is 3.91. The van der Waals surface area contributed by atoms with E-state index < -0.39 is 0 Å². The smallest absolute Gasteiger partial charge is 0.187 e. The van der Waals surface area contributed by atoms with E-state index >= 15 is 0 Å². The Hall–Kier alpha value is -1.97. The van der Waals surface area contributed by atoms with Crippen LogP contribution in [-0.2, 0) is 0 Å². The standard InChI is InChI=1S/C10H9NO3/c1-3-10(12)8-6-7(14-2)4-5-9(8)11-13/h3-6H,1H2,2H3. The lowest BCUT2D eigenvalue weighted by Gasteiger charge is -2.03. The van der Waals surface area contributed by atoms with Gasteiger partial charge in [-0.1, -0.05) is 6.58 Å². The molecule has 4 nitrogen and oxygen atoms in total. The van der Waals surface area contributed by atoms with E-state index in [1.165, 1.54) is 19.2 Å². The number of hydrogen-bond donors (Lipinski definition) is 0. The van der Waals surface area contributed by atoms with E-state index in [0.717, 1.165) is 6.08 Å². The van der Waals surface area contributed by atoms with Crippen molar-refractivity contribution in [3.8, 4) is 5.75 Å². The first kappa shape index (κ1) is 10.1. The molecule has 0 amide bonds. The molecule has 0 bridgehead atoms. The molecule has 0 spiro atoms. The number of nitroso groups, excluding NO2 is 1. The van der Waals surface area contributed by atoms with Gasteiger partial charge in [0.05, 0.1) is 12.7 Å². The van der Waals surface area contributed by atoms with Crippen LogP contribution in [0.5, 0.6) is 5.75 Å². The number of hydrogen-bond acceptors (Lipinski definition) is 4. The highest BCUT2D eigenvalue weighted by Gasteiger charge is 2.10. The maximum Gasteiger partial charge on any atom is 0.187 e. The molecule has 0 radical (unpaired) electrons. The fourth-order valence-electron chi connectivity index (χ4n) is 1.03. The second kappa shape index (κ2) is 4.32. The molecule has 72 valence electrons. The number of methoxy groups -OCH3 is 1. The van der Waals surface area contributed by atoms with Crippen LogP contribution in [0.15, 0.2) is 36.0 Å². The highest BCUT2D eigenvalue weighted by molar-refractivity contribution is 6.07. The summed E-state index contributed by atoms with van der Waals surface area (Å²) in [5.74, 6) is 0.154. The fourth-order valence-corrected chi connectivity index (χ4v) is 1.03. The van der Waals surface area contributed by atoms with Gasteiger partial charge < -0.3 is 4.74 Å². The minimum atomic E-state index is -0.349. The number of rotatable bonds is 4. The molecule has 0 fully saturated rings. The van der Waals surface area contributed by atoms with E-state index in [-0.39, 0.29) is 17.0 Å². The number of ketones is 1. The molecule has 1 aromatic carbocycles. The minimum Gasteiger partial charge on any atom is -0.497 e. The van der Waals surface area contributed by atoms with Crippen LogP contribution < -0.4 is 4.74 Å². The van der Waals surface area contributed by atoms with Gasteiger partial charge in [0.1, 0.15) is 11.4 Å². The summed E-state index contributed by atoms with van der Waals surface area (Å²) in [4.78, 5) is 21.7. The van der Waals surface area contributed by atoms with Crippen molar-refractivity contribution in [2.24, 2.45) is 5.18 Å². The number of allylic oxidation sites excluding steroid dienone is 1. The highest BCUT2D eigenvalue weighted by atomic mass is 16.5. The van der Waals surface area contributed by atoms with Crippen LogP contribution in [0.25, 0.3) is 0 Å². The predicted octanol–water partition coefficient (Wildman–Crippen LogP) is 2.46. The summed E-state index contributed by atoms with van der Waals surface area (Å²) in [5, 5.41) is 2.74. The molecule has 0 heterocycles. The summed E-state index contributed by atoms with van der Waals surface area (Å²) in [6.07, 6.45) is 1.13. The van der Waals surface area contributed by atoms with Gasteiger partial charge >= 0.3 is 0 Å². The first-order chi connectivity index (χ1) is 6.72. The second-order valence-corrected chi connectivity index (χ2v) is 2.54. The second-order valence-electron chi connectivity index (χ2n) is 2.54. The van der Waals surface area contributed by atoms with Crippen LogP contribution in [0.4, 0.5) is 5.69 Å². The van der Waals surface area contributed by atoms with E-state index in [9.17, 15) is 9.70 Å². The molecule has 0 aliphatic heterocycles. The number of carbonyl (C=O) groups is 1. The summed E-state index contributed by atoms with van der Waals surface area (Å²) < 4.78 is 4.92. The van der Waals surface area contributed by atoms with Crippen LogP contribution in [-0.4, -0.2) is 12.9 Å². The molecule has 1 rings (SSSR count). The van der Waals surface area contributed by atoms with Crippen molar-refractivity contribution in [1.82, 2.24) is 0 Å². The van der Waals surface area contributed by atoms with Crippen LogP contribution in [0.3, 0.4) is 0 Å². The molecule has 0 aliphatic carbocycles. The monoisotopic (exact) mass is 191 g/mol. The lowest BCUT2D eigenvalue weighted by molar-refractivity contribution is 0.104. The molecule has 0 atom stereocenters. The molecule has 4 heteroatoms. The van der Waals surface area contributed by atoms with Gasteiger partial charge in [0.25, 0.3) is 0 Å². The van der Waals surface area contributed by atoms with E-state index in [4.69, 9.17) is 4.74 Å². The molecule has 0 saturated carbocycles. The minimum absolute atomic E-state index is 0.0932. The summed E-state index contributed by atoms with van der Waals surface area (Å²) in [6.45, 7) is 3.33. The van der Waals surface area contributed by atoms with E-state index in [1.54, 1.807) is 6.07 Å².